The molecular formula is C11H13ClN2O5S2. The predicted molar refractivity (Wildman–Crippen MR) is 76.7 cm³/mol. The number of halogens is 1. The zero-order valence-electron chi connectivity index (χ0n) is 10.7. The minimum atomic E-state index is -3.95. The van der Waals surface area contributed by atoms with Crippen LogP contribution in [0.15, 0.2) is 29.2 Å². The minimum absolute atomic E-state index is 0.0634. The van der Waals surface area contributed by atoms with E-state index in [0.29, 0.717) is 0 Å². The Morgan fingerprint density at radius 1 is 1.33 bits per heavy atom. The van der Waals surface area contributed by atoms with Crippen molar-refractivity contribution in [3.63, 3.8) is 0 Å². The molecule has 0 aromatic heterocycles. The van der Waals surface area contributed by atoms with Gasteiger partial charge >= 0.3 is 0 Å². The average Bonchev–Trinajstić information content (AvgIpc) is 2.76. The lowest BCUT2D eigenvalue weighted by Crippen LogP contribution is -2.44. The van der Waals surface area contributed by atoms with E-state index < -0.39 is 31.7 Å². The molecule has 1 aliphatic rings. The van der Waals surface area contributed by atoms with E-state index in [-0.39, 0.29) is 27.8 Å². The van der Waals surface area contributed by atoms with Crippen LogP contribution >= 0.6 is 11.6 Å². The normalized spacial score (nSPS) is 21.1. The SMILES string of the molecule is O=C(NNS(=O)(=O)c1cccc(Cl)c1)[C@H]1CCS(=O)(=O)C1. The highest BCUT2D eigenvalue weighted by Crippen LogP contribution is 2.18. The maximum Gasteiger partial charge on any atom is 0.257 e. The molecule has 0 aliphatic carbocycles. The second kappa shape index (κ2) is 5.91. The molecule has 21 heavy (non-hydrogen) atoms. The second-order valence-electron chi connectivity index (χ2n) is 4.65. The molecule has 0 saturated carbocycles. The molecule has 0 unspecified atom stereocenters. The van der Waals surface area contributed by atoms with Crippen molar-refractivity contribution in [3.05, 3.63) is 29.3 Å². The highest BCUT2D eigenvalue weighted by Gasteiger charge is 2.33. The van der Waals surface area contributed by atoms with E-state index in [4.69, 9.17) is 11.6 Å². The Hall–Kier alpha value is -1.16. The molecule has 1 atom stereocenters. The van der Waals surface area contributed by atoms with E-state index >= 15 is 0 Å². The van der Waals surface area contributed by atoms with Gasteiger partial charge in [-0.2, -0.15) is 0 Å². The Labute approximate surface area is 127 Å². The summed E-state index contributed by atoms with van der Waals surface area (Å²) in [6.07, 6.45) is 0.188. The van der Waals surface area contributed by atoms with Crippen molar-refractivity contribution in [2.75, 3.05) is 11.5 Å². The molecule has 7 nitrogen and oxygen atoms in total. The fourth-order valence-electron chi connectivity index (χ4n) is 1.91. The van der Waals surface area contributed by atoms with Crippen molar-refractivity contribution in [2.24, 2.45) is 5.92 Å². The van der Waals surface area contributed by atoms with Gasteiger partial charge in [-0.25, -0.2) is 16.8 Å². The van der Waals surface area contributed by atoms with Crippen LogP contribution in [0, 0.1) is 5.92 Å². The summed E-state index contributed by atoms with van der Waals surface area (Å²) in [6.45, 7) is 0. The van der Waals surface area contributed by atoms with Gasteiger partial charge in [0.2, 0.25) is 5.91 Å². The van der Waals surface area contributed by atoms with Crippen molar-refractivity contribution in [3.8, 4) is 0 Å². The number of sulfone groups is 1. The molecule has 1 saturated heterocycles. The van der Waals surface area contributed by atoms with Gasteiger partial charge in [-0.15, -0.1) is 4.83 Å². The van der Waals surface area contributed by atoms with E-state index in [2.05, 4.69) is 0 Å². The first kappa shape index (κ1) is 16.2. The van der Waals surface area contributed by atoms with Crippen LogP contribution in [0.2, 0.25) is 5.02 Å². The maximum absolute atomic E-state index is 11.9. The maximum atomic E-state index is 11.9. The summed E-state index contributed by atoms with van der Waals surface area (Å²) in [5.41, 5.74) is 2.04. The monoisotopic (exact) mass is 352 g/mol. The fraction of sp³-hybridized carbons (Fsp3) is 0.364. The average molecular weight is 353 g/mol. The zero-order chi connectivity index (χ0) is 15.7. The number of carbonyl (C=O) groups excluding carboxylic acids is 1. The summed E-state index contributed by atoms with van der Waals surface area (Å²) >= 11 is 5.70. The number of nitrogens with one attached hydrogen (secondary N) is 2. The summed E-state index contributed by atoms with van der Waals surface area (Å²) in [5.74, 6) is -1.73. The molecule has 0 radical (unpaired) electrons. The topological polar surface area (TPSA) is 109 Å². The first-order valence-electron chi connectivity index (χ1n) is 5.97. The van der Waals surface area contributed by atoms with Crippen molar-refractivity contribution in [1.29, 1.82) is 0 Å². The number of sulfonamides is 1. The van der Waals surface area contributed by atoms with E-state index in [1.54, 1.807) is 0 Å². The first-order valence-corrected chi connectivity index (χ1v) is 9.65. The zero-order valence-corrected chi connectivity index (χ0v) is 13.1. The predicted octanol–water partition coefficient (Wildman–Crippen LogP) is 0.0842. The van der Waals surface area contributed by atoms with Crippen LogP contribution in [-0.2, 0) is 24.7 Å². The van der Waals surface area contributed by atoms with Crippen molar-refractivity contribution < 1.29 is 21.6 Å². The van der Waals surface area contributed by atoms with E-state index in [1.807, 2.05) is 10.3 Å². The lowest BCUT2D eigenvalue weighted by molar-refractivity contribution is -0.124. The van der Waals surface area contributed by atoms with Crippen LogP contribution in [0.1, 0.15) is 6.42 Å². The van der Waals surface area contributed by atoms with Crippen LogP contribution in [0.4, 0.5) is 0 Å². The van der Waals surface area contributed by atoms with Gasteiger partial charge in [0.15, 0.2) is 9.84 Å². The van der Waals surface area contributed by atoms with Crippen LogP contribution in [0.5, 0.6) is 0 Å². The van der Waals surface area contributed by atoms with Gasteiger partial charge in [0.05, 0.1) is 22.3 Å². The summed E-state index contributed by atoms with van der Waals surface area (Å²) in [7, 11) is -7.16. The smallest absolute Gasteiger partial charge is 0.257 e. The van der Waals surface area contributed by atoms with Gasteiger partial charge in [-0.1, -0.05) is 17.7 Å². The Balaban J connectivity index is 2.01. The number of hydrogen-bond donors (Lipinski definition) is 2. The first-order chi connectivity index (χ1) is 9.70. The Morgan fingerprint density at radius 3 is 2.62 bits per heavy atom. The van der Waals surface area contributed by atoms with Crippen LogP contribution < -0.4 is 10.3 Å². The van der Waals surface area contributed by atoms with Gasteiger partial charge in [-0.3, -0.25) is 10.2 Å². The summed E-state index contributed by atoms with van der Waals surface area (Å²) in [4.78, 5) is 13.6. The molecule has 1 aliphatic heterocycles. The van der Waals surface area contributed by atoms with Gasteiger partial charge in [0.1, 0.15) is 0 Å². The van der Waals surface area contributed by atoms with Crippen molar-refractivity contribution in [2.45, 2.75) is 11.3 Å². The summed E-state index contributed by atoms with van der Waals surface area (Å²) < 4.78 is 46.4. The fourth-order valence-corrected chi connectivity index (χ4v) is 4.80. The molecule has 1 amide bonds. The van der Waals surface area contributed by atoms with Gasteiger partial charge in [0, 0.05) is 5.02 Å². The Morgan fingerprint density at radius 2 is 2.05 bits per heavy atom. The summed E-state index contributed by atoms with van der Waals surface area (Å²) in [6, 6.07) is 5.53. The molecule has 10 heteroatoms. The third kappa shape index (κ3) is 4.16. The molecule has 1 heterocycles. The summed E-state index contributed by atoms with van der Waals surface area (Å²) in [5, 5.41) is 0.242. The molecule has 1 fully saturated rings. The molecule has 0 bridgehead atoms. The van der Waals surface area contributed by atoms with Crippen molar-refractivity contribution >= 4 is 37.4 Å². The van der Waals surface area contributed by atoms with Gasteiger partial charge in [0.25, 0.3) is 10.0 Å². The number of hydrogen-bond acceptors (Lipinski definition) is 5. The van der Waals surface area contributed by atoms with Crippen LogP contribution in [0.25, 0.3) is 0 Å². The highest BCUT2D eigenvalue weighted by molar-refractivity contribution is 7.91. The molecule has 1 aromatic rings. The molecule has 116 valence electrons. The molecular weight excluding hydrogens is 340 g/mol. The molecule has 1 aromatic carbocycles. The van der Waals surface area contributed by atoms with Crippen molar-refractivity contribution in [1.82, 2.24) is 10.3 Å². The number of amides is 1. The van der Waals surface area contributed by atoms with E-state index in [9.17, 15) is 21.6 Å². The van der Waals surface area contributed by atoms with Crippen LogP contribution in [-0.4, -0.2) is 34.2 Å². The quantitative estimate of drug-likeness (QED) is 0.746. The van der Waals surface area contributed by atoms with E-state index in [0.717, 1.165) is 0 Å². The van der Waals surface area contributed by atoms with E-state index in [1.165, 1.54) is 24.3 Å². The lowest BCUT2D eigenvalue weighted by atomic mass is 10.1. The van der Waals surface area contributed by atoms with Gasteiger partial charge < -0.3 is 0 Å². The molecule has 2 rings (SSSR count). The highest BCUT2D eigenvalue weighted by atomic mass is 35.5. The largest absolute Gasteiger partial charge is 0.277 e. The number of hydrazine groups is 1. The number of carbonyl (C=O) groups is 1. The second-order valence-corrected chi connectivity index (χ2v) is 9.00. The Kier molecular flexibility index (Phi) is 4.57. The Bertz CT molecular complexity index is 761. The molecule has 0 spiro atoms. The third-order valence-corrected chi connectivity index (χ3v) is 6.27. The third-order valence-electron chi connectivity index (χ3n) is 3.02. The lowest BCUT2D eigenvalue weighted by Gasteiger charge is -2.11. The van der Waals surface area contributed by atoms with Crippen LogP contribution in [0.3, 0.4) is 0 Å². The molecule has 2 N–H and O–H groups in total. The minimum Gasteiger partial charge on any atom is -0.277 e. The number of benzene rings is 1. The number of rotatable bonds is 4. The standard InChI is InChI=1S/C11H13ClN2O5S2/c12-9-2-1-3-10(6-9)21(18,19)14-13-11(15)8-4-5-20(16,17)7-8/h1-3,6,8,14H,4-5,7H2,(H,13,15)/t8-/m0/s1. The van der Waals surface area contributed by atoms with Gasteiger partial charge in [-0.05, 0) is 24.6 Å².